The lowest BCUT2D eigenvalue weighted by molar-refractivity contribution is 0.181. The predicted octanol–water partition coefficient (Wildman–Crippen LogP) is 1.49. The highest BCUT2D eigenvalue weighted by molar-refractivity contribution is 7.09. The Hall–Kier alpha value is -0.450. The third-order valence-corrected chi connectivity index (χ3v) is 3.59. The smallest absolute Gasteiger partial charge is 0.0798 e. The Kier molecular flexibility index (Phi) is 2.62. The third-order valence-electron chi connectivity index (χ3n) is 2.56. The minimum absolute atomic E-state index is 0.120. The largest absolute Gasteiger partial charge is 0.381 e. The van der Waals surface area contributed by atoms with Gasteiger partial charge in [0, 0.05) is 23.4 Å². The fourth-order valence-electron chi connectivity index (χ4n) is 1.68. The van der Waals surface area contributed by atoms with Crippen LogP contribution in [0.15, 0.2) is 5.51 Å². The minimum Gasteiger partial charge on any atom is -0.381 e. The van der Waals surface area contributed by atoms with Crippen LogP contribution in [0.2, 0.25) is 0 Å². The molecule has 1 aliphatic heterocycles. The second kappa shape index (κ2) is 3.74. The van der Waals surface area contributed by atoms with Gasteiger partial charge in [0.25, 0.3) is 0 Å². The molecule has 13 heavy (non-hydrogen) atoms. The summed E-state index contributed by atoms with van der Waals surface area (Å²) in [5, 5.41) is 0. The van der Waals surface area contributed by atoms with Crippen molar-refractivity contribution >= 4 is 11.3 Å². The molecule has 1 fully saturated rings. The van der Waals surface area contributed by atoms with Crippen LogP contribution in [-0.4, -0.2) is 18.2 Å². The van der Waals surface area contributed by atoms with Crippen molar-refractivity contribution in [3.63, 3.8) is 0 Å². The summed E-state index contributed by atoms with van der Waals surface area (Å²) in [7, 11) is 0. The van der Waals surface area contributed by atoms with Crippen LogP contribution in [0.25, 0.3) is 0 Å². The molecule has 3 nitrogen and oxygen atoms in total. The van der Waals surface area contributed by atoms with Gasteiger partial charge in [0.2, 0.25) is 0 Å². The van der Waals surface area contributed by atoms with Crippen molar-refractivity contribution in [2.75, 3.05) is 13.2 Å². The summed E-state index contributed by atoms with van der Waals surface area (Å²) in [5.41, 5.74) is 9.07. The lowest BCUT2D eigenvalue weighted by Gasteiger charge is -2.16. The summed E-state index contributed by atoms with van der Waals surface area (Å²) in [4.78, 5) is 5.42. The van der Waals surface area contributed by atoms with Crippen LogP contribution in [0.5, 0.6) is 0 Å². The fourth-order valence-corrected chi connectivity index (χ4v) is 2.58. The Morgan fingerprint density at radius 1 is 1.77 bits per heavy atom. The van der Waals surface area contributed by atoms with Gasteiger partial charge in [-0.1, -0.05) is 0 Å². The average molecular weight is 198 g/mol. The Balaban J connectivity index is 2.12. The molecule has 0 saturated carbocycles. The van der Waals surface area contributed by atoms with E-state index < -0.39 is 0 Å². The van der Waals surface area contributed by atoms with E-state index >= 15 is 0 Å². The number of aryl methyl sites for hydroxylation is 1. The van der Waals surface area contributed by atoms with Crippen molar-refractivity contribution in [1.29, 1.82) is 0 Å². The van der Waals surface area contributed by atoms with Crippen LogP contribution >= 0.6 is 11.3 Å². The fraction of sp³-hybridized carbons (Fsp3) is 0.667. The summed E-state index contributed by atoms with van der Waals surface area (Å²) in [5.74, 6) is 0.485. The summed E-state index contributed by atoms with van der Waals surface area (Å²) >= 11 is 1.65. The molecule has 2 rings (SSSR count). The zero-order valence-corrected chi connectivity index (χ0v) is 8.51. The zero-order chi connectivity index (χ0) is 9.26. The Bertz CT molecular complexity index is 281. The molecule has 0 radical (unpaired) electrons. The molecule has 72 valence electrons. The second-order valence-corrected chi connectivity index (χ2v) is 4.34. The highest BCUT2D eigenvalue weighted by Gasteiger charge is 2.26. The maximum Gasteiger partial charge on any atom is 0.0798 e. The van der Waals surface area contributed by atoms with E-state index in [0.29, 0.717) is 5.92 Å². The van der Waals surface area contributed by atoms with Gasteiger partial charge >= 0.3 is 0 Å². The van der Waals surface area contributed by atoms with Crippen molar-refractivity contribution in [2.45, 2.75) is 19.4 Å². The molecule has 0 bridgehead atoms. The highest BCUT2D eigenvalue weighted by atomic mass is 32.1. The SMILES string of the molecule is Cc1ncsc1C(N)C1CCOC1. The summed E-state index contributed by atoms with van der Waals surface area (Å²) in [6.07, 6.45) is 1.08. The van der Waals surface area contributed by atoms with E-state index in [1.54, 1.807) is 11.3 Å². The van der Waals surface area contributed by atoms with Crippen LogP contribution in [0.3, 0.4) is 0 Å². The maximum atomic E-state index is 6.14. The van der Waals surface area contributed by atoms with Gasteiger partial charge in [-0.3, -0.25) is 0 Å². The number of rotatable bonds is 2. The van der Waals surface area contributed by atoms with E-state index in [0.717, 1.165) is 25.3 Å². The zero-order valence-electron chi connectivity index (χ0n) is 7.69. The van der Waals surface area contributed by atoms with Gasteiger partial charge < -0.3 is 10.5 Å². The molecule has 1 saturated heterocycles. The molecule has 0 aliphatic carbocycles. The van der Waals surface area contributed by atoms with Gasteiger partial charge in [-0.05, 0) is 13.3 Å². The van der Waals surface area contributed by atoms with Crippen molar-refractivity contribution in [1.82, 2.24) is 4.98 Å². The van der Waals surface area contributed by atoms with Crippen molar-refractivity contribution in [2.24, 2.45) is 11.7 Å². The van der Waals surface area contributed by atoms with E-state index in [4.69, 9.17) is 10.5 Å². The summed E-state index contributed by atoms with van der Waals surface area (Å²) < 4.78 is 5.32. The first kappa shape index (κ1) is 9.12. The Morgan fingerprint density at radius 3 is 3.15 bits per heavy atom. The number of ether oxygens (including phenoxy) is 1. The number of nitrogens with zero attached hydrogens (tertiary/aromatic N) is 1. The minimum atomic E-state index is 0.120. The molecule has 1 aromatic heterocycles. The average Bonchev–Trinajstić information content (AvgIpc) is 2.72. The second-order valence-electron chi connectivity index (χ2n) is 3.45. The lowest BCUT2D eigenvalue weighted by Crippen LogP contribution is -2.21. The highest BCUT2D eigenvalue weighted by Crippen LogP contribution is 2.30. The molecule has 0 amide bonds. The molecule has 4 heteroatoms. The van der Waals surface area contributed by atoms with Gasteiger partial charge in [0.05, 0.1) is 17.8 Å². The summed E-state index contributed by atoms with van der Waals surface area (Å²) in [6, 6.07) is 0.120. The molecule has 1 aromatic rings. The number of hydrogen-bond donors (Lipinski definition) is 1. The van der Waals surface area contributed by atoms with Crippen LogP contribution in [0.1, 0.15) is 23.0 Å². The van der Waals surface area contributed by atoms with E-state index in [-0.39, 0.29) is 6.04 Å². The molecule has 2 unspecified atom stereocenters. The van der Waals surface area contributed by atoms with Crippen molar-refractivity contribution in [3.8, 4) is 0 Å². The standard InChI is InChI=1S/C9H14N2OS/c1-6-9(13-5-11-6)8(10)7-2-3-12-4-7/h5,7-8H,2-4,10H2,1H3. The number of hydrogen-bond acceptors (Lipinski definition) is 4. The first-order chi connectivity index (χ1) is 6.29. The van der Waals surface area contributed by atoms with Crippen molar-refractivity contribution < 1.29 is 4.74 Å². The molecule has 0 spiro atoms. The molecule has 2 atom stereocenters. The molecule has 2 N–H and O–H groups in total. The van der Waals surface area contributed by atoms with Gasteiger partial charge in [-0.2, -0.15) is 0 Å². The number of aromatic nitrogens is 1. The number of nitrogens with two attached hydrogens (primary N) is 1. The first-order valence-electron chi connectivity index (χ1n) is 4.52. The summed E-state index contributed by atoms with van der Waals surface area (Å²) in [6.45, 7) is 3.68. The van der Waals surface area contributed by atoms with E-state index in [9.17, 15) is 0 Å². The van der Waals surface area contributed by atoms with Gasteiger partial charge in [0.15, 0.2) is 0 Å². The predicted molar refractivity (Wildman–Crippen MR) is 52.7 cm³/mol. The van der Waals surface area contributed by atoms with Gasteiger partial charge in [0.1, 0.15) is 0 Å². The molecule has 1 aliphatic rings. The third kappa shape index (κ3) is 1.75. The quantitative estimate of drug-likeness (QED) is 0.783. The van der Waals surface area contributed by atoms with E-state index in [1.165, 1.54) is 4.88 Å². The van der Waals surface area contributed by atoms with Crippen LogP contribution < -0.4 is 5.73 Å². The maximum absolute atomic E-state index is 6.14. The van der Waals surface area contributed by atoms with Gasteiger partial charge in [-0.25, -0.2) is 4.98 Å². The number of thiazole rings is 1. The van der Waals surface area contributed by atoms with Crippen LogP contribution in [0, 0.1) is 12.8 Å². The van der Waals surface area contributed by atoms with E-state index in [2.05, 4.69) is 4.98 Å². The van der Waals surface area contributed by atoms with Gasteiger partial charge in [-0.15, -0.1) is 11.3 Å². The molecule has 2 heterocycles. The van der Waals surface area contributed by atoms with Crippen LogP contribution in [-0.2, 0) is 4.74 Å². The van der Waals surface area contributed by atoms with E-state index in [1.807, 2.05) is 12.4 Å². The first-order valence-corrected chi connectivity index (χ1v) is 5.40. The van der Waals surface area contributed by atoms with Crippen molar-refractivity contribution in [3.05, 3.63) is 16.1 Å². The Labute approximate surface area is 81.9 Å². The lowest BCUT2D eigenvalue weighted by atomic mass is 9.98. The van der Waals surface area contributed by atoms with Crippen LogP contribution in [0.4, 0.5) is 0 Å². The molecular weight excluding hydrogens is 184 g/mol. The molecule has 0 aromatic carbocycles. The molecular formula is C9H14N2OS. The Morgan fingerprint density at radius 2 is 2.62 bits per heavy atom. The topological polar surface area (TPSA) is 48.1 Å². The monoisotopic (exact) mass is 198 g/mol. The normalized spacial score (nSPS) is 24.9.